The van der Waals surface area contributed by atoms with Crippen LogP contribution in [-0.2, 0) is 9.05 Å². The molecule has 0 aliphatic rings. The van der Waals surface area contributed by atoms with Crippen molar-refractivity contribution in [3.8, 4) is 0 Å². The van der Waals surface area contributed by atoms with Crippen LogP contribution in [0.4, 0.5) is 0 Å². The van der Waals surface area contributed by atoms with E-state index in [1.807, 2.05) is 13.8 Å². The molecule has 0 saturated heterocycles. The van der Waals surface area contributed by atoms with Gasteiger partial charge in [0, 0.05) is 13.2 Å². The molecule has 0 spiro atoms. The van der Waals surface area contributed by atoms with Crippen molar-refractivity contribution in [1.82, 2.24) is 0 Å². The molecule has 0 fully saturated rings. The first kappa shape index (κ1) is 7.35. The molecule has 0 rings (SSSR count). The van der Waals surface area contributed by atoms with Crippen molar-refractivity contribution < 1.29 is 9.05 Å². The normalized spacial score (nSPS) is 9.43. The maximum Gasteiger partial charge on any atom is 0.0104 e. The van der Waals surface area contributed by atoms with Crippen LogP contribution in [0.25, 0.3) is 0 Å². The molecule has 0 saturated carbocycles. The highest BCUT2D eigenvalue weighted by molar-refractivity contribution is 7.26. The van der Waals surface area contributed by atoms with Crippen LogP contribution in [0, 0.1) is 0 Å². The summed E-state index contributed by atoms with van der Waals surface area (Å²) in [7, 11) is 0.643. The van der Waals surface area contributed by atoms with Gasteiger partial charge in [-0.15, -0.1) is 0 Å². The molecule has 0 aliphatic carbocycles. The lowest BCUT2D eigenvalue weighted by Crippen LogP contribution is -1.78. The van der Waals surface area contributed by atoms with Crippen LogP contribution in [0.2, 0.25) is 0 Å². The zero-order valence-electron chi connectivity index (χ0n) is 4.68. The largest absolute Gasteiger partial charge is 0.529 e. The molecule has 0 aromatic heterocycles. The van der Waals surface area contributed by atoms with E-state index in [0.29, 0.717) is 9.03 Å². The summed E-state index contributed by atoms with van der Waals surface area (Å²) in [6.45, 7) is 5.32. The van der Waals surface area contributed by atoms with E-state index in [4.69, 9.17) is 9.05 Å². The summed E-state index contributed by atoms with van der Waals surface area (Å²) in [6.07, 6.45) is 0. The number of hydrogen-bond donors (Lipinski definition) is 0. The molecule has 0 amide bonds. The lowest BCUT2D eigenvalue weighted by Gasteiger charge is -2.16. The van der Waals surface area contributed by atoms with Gasteiger partial charge in [-0.05, 0) is 13.8 Å². The second-order valence-corrected chi connectivity index (χ2v) is 1.58. The van der Waals surface area contributed by atoms with Crippen LogP contribution in [0.5, 0.6) is 0 Å². The Morgan fingerprint density at radius 1 is 1.14 bits per heavy atom. The van der Waals surface area contributed by atoms with E-state index in [-0.39, 0.29) is 0 Å². The predicted octanol–water partition coefficient (Wildman–Crippen LogP) is 1.84. The minimum Gasteiger partial charge on any atom is -0.529 e. The van der Waals surface area contributed by atoms with Gasteiger partial charge in [0.05, 0.1) is 0 Å². The molecular formula is C4H10O2P-. The molecule has 3 heteroatoms. The Kier molecular flexibility index (Phi) is 6.67. The van der Waals surface area contributed by atoms with Gasteiger partial charge in [0.25, 0.3) is 0 Å². The Morgan fingerprint density at radius 3 is 1.86 bits per heavy atom. The van der Waals surface area contributed by atoms with Gasteiger partial charge in [-0.3, -0.25) is 0 Å². The molecule has 2 nitrogen and oxygen atoms in total. The van der Waals surface area contributed by atoms with Gasteiger partial charge >= 0.3 is 0 Å². The van der Waals surface area contributed by atoms with E-state index in [2.05, 4.69) is 0 Å². The summed E-state index contributed by atoms with van der Waals surface area (Å²) in [5.41, 5.74) is 0. The first-order valence-corrected chi connectivity index (χ1v) is 3.09. The molecule has 0 atom stereocenters. The van der Waals surface area contributed by atoms with Crippen molar-refractivity contribution in [3.63, 3.8) is 0 Å². The summed E-state index contributed by atoms with van der Waals surface area (Å²) < 4.78 is 9.65. The van der Waals surface area contributed by atoms with Crippen molar-refractivity contribution in [2.45, 2.75) is 13.8 Å². The van der Waals surface area contributed by atoms with Crippen LogP contribution >= 0.6 is 9.03 Å². The average Bonchev–Trinajstić information content (AvgIpc) is 1.69. The number of rotatable bonds is 4. The fourth-order valence-electron chi connectivity index (χ4n) is 0.143. The highest BCUT2D eigenvalue weighted by Crippen LogP contribution is 2.10. The van der Waals surface area contributed by atoms with Gasteiger partial charge in [-0.2, -0.15) is 0 Å². The third kappa shape index (κ3) is 6.35. The quantitative estimate of drug-likeness (QED) is 0.417. The highest BCUT2D eigenvalue weighted by atomic mass is 31.1. The Hall–Kier alpha value is 0.350. The molecule has 0 N–H and O–H groups in total. The zero-order chi connectivity index (χ0) is 5.54. The summed E-state index contributed by atoms with van der Waals surface area (Å²) in [4.78, 5) is 0. The maximum absolute atomic E-state index is 4.82. The second-order valence-electron chi connectivity index (χ2n) is 0.910. The SMILES string of the molecule is CCO[P-]OCC. The fourth-order valence-corrected chi connectivity index (χ4v) is 0.428. The molecular weight excluding hydrogens is 111 g/mol. The molecule has 0 aliphatic heterocycles. The Labute approximate surface area is 46.1 Å². The maximum atomic E-state index is 4.82. The molecule has 0 aromatic carbocycles. The first-order valence-electron chi connectivity index (χ1n) is 2.36. The van der Waals surface area contributed by atoms with Crippen LogP contribution in [-0.4, -0.2) is 13.2 Å². The highest BCUT2D eigenvalue weighted by Gasteiger charge is 1.60. The van der Waals surface area contributed by atoms with Gasteiger partial charge in [0.1, 0.15) is 0 Å². The summed E-state index contributed by atoms with van der Waals surface area (Å²) in [6, 6.07) is 0. The van der Waals surface area contributed by atoms with Gasteiger partial charge < -0.3 is 9.05 Å². The lowest BCUT2D eigenvalue weighted by molar-refractivity contribution is 0.288. The molecule has 0 radical (unpaired) electrons. The van der Waals surface area contributed by atoms with Gasteiger partial charge in [-0.25, -0.2) is 9.03 Å². The van der Waals surface area contributed by atoms with Gasteiger partial charge in [0.15, 0.2) is 0 Å². The van der Waals surface area contributed by atoms with Crippen LogP contribution in [0.3, 0.4) is 0 Å². The molecule has 44 valence electrons. The Balaban J connectivity index is 2.45. The van der Waals surface area contributed by atoms with Crippen molar-refractivity contribution >= 4 is 9.03 Å². The summed E-state index contributed by atoms with van der Waals surface area (Å²) in [5.74, 6) is 0. The van der Waals surface area contributed by atoms with Crippen LogP contribution < -0.4 is 0 Å². The third-order valence-corrected chi connectivity index (χ3v) is 1.09. The Bertz CT molecular complexity index is 28.9. The summed E-state index contributed by atoms with van der Waals surface area (Å²) in [5, 5.41) is 0. The molecule has 0 unspecified atom stereocenters. The van der Waals surface area contributed by atoms with E-state index < -0.39 is 0 Å². The topological polar surface area (TPSA) is 18.5 Å². The molecule has 7 heavy (non-hydrogen) atoms. The van der Waals surface area contributed by atoms with Crippen molar-refractivity contribution in [2.24, 2.45) is 0 Å². The van der Waals surface area contributed by atoms with Crippen molar-refractivity contribution in [3.05, 3.63) is 0 Å². The van der Waals surface area contributed by atoms with E-state index >= 15 is 0 Å². The molecule has 0 aromatic rings. The Morgan fingerprint density at radius 2 is 1.57 bits per heavy atom. The summed E-state index contributed by atoms with van der Waals surface area (Å²) >= 11 is 0. The van der Waals surface area contributed by atoms with Gasteiger partial charge in [0.2, 0.25) is 0 Å². The van der Waals surface area contributed by atoms with Gasteiger partial charge in [-0.1, -0.05) is 0 Å². The predicted molar refractivity (Wildman–Crippen MR) is 30.2 cm³/mol. The zero-order valence-corrected chi connectivity index (χ0v) is 5.57. The van der Waals surface area contributed by atoms with Crippen molar-refractivity contribution in [2.75, 3.05) is 13.2 Å². The number of hydrogen-bond acceptors (Lipinski definition) is 2. The molecule has 0 bridgehead atoms. The van der Waals surface area contributed by atoms with Crippen LogP contribution in [0.1, 0.15) is 13.8 Å². The average molecular weight is 121 g/mol. The first-order chi connectivity index (χ1) is 3.41. The van der Waals surface area contributed by atoms with E-state index in [0.717, 1.165) is 13.2 Å². The second kappa shape index (κ2) is 6.35. The fraction of sp³-hybridized carbons (Fsp3) is 1.00. The minimum absolute atomic E-state index is 0.643. The smallest absolute Gasteiger partial charge is 0.0104 e. The standard InChI is InChI=1S/C4H10O2P/c1-3-5-7-6-4-2/h3-4H2,1-2H3/q-1. The van der Waals surface area contributed by atoms with Crippen molar-refractivity contribution in [1.29, 1.82) is 0 Å². The van der Waals surface area contributed by atoms with E-state index in [9.17, 15) is 0 Å². The van der Waals surface area contributed by atoms with Crippen LogP contribution in [0.15, 0.2) is 0 Å². The van der Waals surface area contributed by atoms with E-state index in [1.54, 1.807) is 0 Å². The lowest BCUT2D eigenvalue weighted by atomic mass is 10.9. The monoisotopic (exact) mass is 121 g/mol. The third-order valence-electron chi connectivity index (χ3n) is 0.364. The van der Waals surface area contributed by atoms with E-state index in [1.165, 1.54) is 0 Å². The minimum atomic E-state index is 0.643. The molecule has 0 heterocycles.